The van der Waals surface area contributed by atoms with Crippen molar-refractivity contribution < 1.29 is 35.9 Å². The number of hydrogen-bond acceptors (Lipinski definition) is 6. The number of rotatable bonds is 7. The van der Waals surface area contributed by atoms with E-state index in [4.69, 9.17) is 4.74 Å². The first kappa shape index (κ1) is 31.6. The lowest BCUT2D eigenvalue weighted by atomic mass is 9.95. The van der Waals surface area contributed by atoms with Crippen molar-refractivity contribution in [3.05, 3.63) is 63.7 Å². The summed E-state index contributed by atoms with van der Waals surface area (Å²) >= 11 is 0. The van der Waals surface area contributed by atoms with Crippen LogP contribution in [0, 0.1) is 0 Å². The highest BCUT2D eigenvalue weighted by Gasteiger charge is 2.39. The molecule has 1 amide bonds. The minimum absolute atomic E-state index is 0.0444. The van der Waals surface area contributed by atoms with Crippen LogP contribution in [0.4, 0.5) is 42.8 Å². The Bertz CT molecular complexity index is 1470. The molecule has 1 atom stereocenters. The average molecular weight is 625 g/mol. The number of anilines is 2. The van der Waals surface area contributed by atoms with Crippen LogP contribution in [0.2, 0.25) is 0 Å². The van der Waals surface area contributed by atoms with Gasteiger partial charge in [0.05, 0.1) is 29.9 Å². The number of aromatic nitrogens is 4. The van der Waals surface area contributed by atoms with E-state index in [1.807, 2.05) is 26.0 Å². The lowest BCUT2D eigenvalue weighted by molar-refractivity contribution is -0.143. The maximum atomic E-state index is 13.7. The molecule has 44 heavy (non-hydrogen) atoms. The molecule has 0 N–H and O–H groups in total. The highest BCUT2D eigenvalue weighted by Crippen LogP contribution is 2.43. The summed E-state index contributed by atoms with van der Waals surface area (Å²) in [6, 6.07) is 4.94. The SMILES string of the molecule is CCC(CC)OC(=O)N1CCC[C@H](N(Cc2cc(C(F)(F)F)cc(C(F)(F)F)c2)c2nnn(C)n2)c2cc3c(cc21)CCC3. The Morgan fingerprint density at radius 1 is 0.977 bits per heavy atom. The Kier molecular flexibility index (Phi) is 8.81. The van der Waals surface area contributed by atoms with Gasteiger partial charge in [-0.3, -0.25) is 4.90 Å². The zero-order valence-corrected chi connectivity index (χ0v) is 24.7. The lowest BCUT2D eigenvalue weighted by Gasteiger charge is -2.33. The number of nitrogens with zero attached hydrogens (tertiary/aromatic N) is 6. The fraction of sp³-hybridized carbons (Fsp3) is 0.533. The summed E-state index contributed by atoms with van der Waals surface area (Å²) in [6.45, 7) is 3.83. The number of aryl methyl sites for hydroxylation is 3. The van der Waals surface area contributed by atoms with Gasteiger partial charge in [0.15, 0.2) is 0 Å². The Balaban J connectivity index is 1.62. The molecule has 1 aliphatic carbocycles. The fourth-order valence-electron chi connectivity index (χ4n) is 6.04. The molecule has 0 spiro atoms. The maximum absolute atomic E-state index is 13.7. The first-order valence-corrected chi connectivity index (χ1v) is 14.7. The summed E-state index contributed by atoms with van der Waals surface area (Å²) in [5.41, 5.74) is 0.498. The third-order valence-corrected chi connectivity index (χ3v) is 8.28. The largest absolute Gasteiger partial charge is 0.446 e. The molecular formula is C30H34F6N6O2. The summed E-state index contributed by atoms with van der Waals surface area (Å²) in [5.74, 6) is 0.0444. The molecule has 238 valence electrons. The Labute approximate surface area is 251 Å². The number of ether oxygens (including phenoxy) is 1. The van der Waals surface area contributed by atoms with Gasteiger partial charge in [0, 0.05) is 13.1 Å². The van der Waals surface area contributed by atoms with Crippen molar-refractivity contribution in [3.8, 4) is 0 Å². The number of benzene rings is 2. The summed E-state index contributed by atoms with van der Waals surface area (Å²) < 4.78 is 88.2. The van der Waals surface area contributed by atoms with E-state index in [0.717, 1.165) is 42.5 Å². The second kappa shape index (κ2) is 12.3. The molecule has 5 rings (SSSR count). The third-order valence-electron chi connectivity index (χ3n) is 8.28. The van der Waals surface area contributed by atoms with Gasteiger partial charge < -0.3 is 9.64 Å². The molecule has 0 radical (unpaired) electrons. The van der Waals surface area contributed by atoms with Crippen LogP contribution < -0.4 is 9.80 Å². The van der Waals surface area contributed by atoms with Gasteiger partial charge in [-0.25, -0.2) is 4.79 Å². The van der Waals surface area contributed by atoms with Gasteiger partial charge in [-0.15, -0.1) is 5.10 Å². The number of carbonyl (C=O) groups is 1. The normalized spacial score (nSPS) is 17.0. The van der Waals surface area contributed by atoms with E-state index in [1.165, 1.54) is 11.8 Å². The van der Waals surface area contributed by atoms with Crippen LogP contribution in [-0.4, -0.2) is 38.9 Å². The Morgan fingerprint density at radius 3 is 2.18 bits per heavy atom. The van der Waals surface area contributed by atoms with E-state index < -0.39 is 35.6 Å². The van der Waals surface area contributed by atoms with E-state index in [-0.39, 0.29) is 30.2 Å². The maximum Gasteiger partial charge on any atom is 0.416 e. The predicted molar refractivity (Wildman–Crippen MR) is 150 cm³/mol. The molecule has 0 saturated carbocycles. The van der Waals surface area contributed by atoms with E-state index >= 15 is 0 Å². The standard InChI is InChI=1S/C30H34F6N6O2/c1-4-23(5-2)44-28(43)41-11-7-10-25(24-14-19-8-6-9-20(19)15-26(24)41)42(27-37-39-40(3)38-27)17-18-12-21(29(31,32)33)16-22(13-18)30(34,35)36/h12-16,23,25H,4-11,17H2,1-3H3/t25-/m0/s1. The molecule has 0 bridgehead atoms. The topological polar surface area (TPSA) is 76.4 Å². The highest BCUT2D eigenvalue weighted by molar-refractivity contribution is 5.89. The van der Waals surface area contributed by atoms with Gasteiger partial charge in [-0.1, -0.05) is 25.0 Å². The lowest BCUT2D eigenvalue weighted by Crippen LogP contribution is -2.35. The van der Waals surface area contributed by atoms with Gasteiger partial charge in [-0.05, 0) is 96.7 Å². The van der Waals surface area contributed by atoms with Crippen molar-refractivity contribution in [2.45, 2.75) is 89.8 Å². The summed E-state index contributed by atoms with van der Waals surface area (Å²) in [6.07, 6.45) is -5.94. The van der Waals surface area contributed by atoms with Crippen LogP contribution in [-0.2, 0) is 43.5 Å². The first-order valence-electron chi connectivity index (χ1n) is 14.7. The van der Waals surface area contributed by atoms with Crippen LogP contribution >= 0.6 is 0 Å². The minimum atomic E-state index is -4.99. The molecule has 1 aliphatic heterocycles. The molecule has 2 heterocycles. The van der Waals surface area contributed by atoms with Crippen molar-refractivity contribution in [3.63, 3.8) is 0 Å². The number of carbonyl (C=O) groups excluding carboxylic acids is 1. The molecule has 1 aromatic heterocycles. The fourth-order valence-corrected chi connectivity index (χ4v) is 6.04. The molecular weight excluding hydrogens is 590 g/mol. The van der Waals surface area contributed by atoms with E-state index in [0.29, 0.717) is 43.5 Å². The summed E-state index contributed by atoms with van der Waals surface area (Å²) in [7, 11) is 1.52. The van der Waals surface area contributed by atoms with Crippen LogP contribution in [0.25, 0.3) is 0 Å². The molecule has 0 unspecified atom stereocenters. The van der Waals surface area contributed by atoms with Crippen molar-refractivity contribution in [2.75, 3.05) is 16.3 Å². The smallest absolute Gasteiger partial charge is 0.416 e. The van der Waals surface area contributed by atoms with Crippen LogP contribution in [0.15, 0.2) is 30.3 Å². The van der Waals surface area contributed by atoms with Crippen LogP contribution in [0.5, 0.6) is 0 Å². The summed E-state index contributed by atoms with van der Waals surface area (Å²) in [5, 5.41) is 12.3. The van der Waals surface area contributed by atoms with E-state index in [1.54, 1.807) is 9.80 Å². The van der Waals surface area contributed by atoms with Gasteiger partial charge in [-0.2, -0.15) is 31.1 Å². The molecule has 2 aliphatic rings. The number of halogens is 6. The molecule has 8 nitrogen and oxygen atoms in total. The minimum Gasteiger partial charge on any atom is -0.446 e. The van der Waals surface area contributed by atoms with Crippen LogP contribution in [0.3, 0.4) is 0 Å². The number of tetrazole rings is 1. The average Bonchev–Trinajstić information content (AvgIpc) is 3.57. The quantitative estimate of drug-likeness (QED) is 0.255. The second-order valence-corrected chi connectivity index (χ2v) is 11.3. The second-order valence-electron chi connectivity index (χ2n) is 11.3. The van der Waals surface area contributed by atoms with Crippen molar-refractivity contribution in [1.29, 1.82) is 0 Å². The third kappa shape index (κ3) is 6.63. The van der Waals surface area contributed by atoms with Crippen molar-refractivity contribution in [2.24, 2.45) is 7.05 Å². The number of fused-ring (bicyclic) bond motifs is 2. The summed E-state index contributed by atoms with van der Waals surface area (Å²) in [4.78, 5) is 17.8. The number of alkyl halides is 6. The zero-order valence-electron chi connectivity index (χ0n) is 24.7. The van der Waals surface area contributed by atoms with Gasteiger partial charge >= 0.3 is 18.4 Å². The van der Waals surface area contributed by atoms with Crippen molar-refractivity contribution in [1.82, 2.24) is 20.2 Å². The molecule has 0 saturated heterocycles. The molecule has 0 fully saturated rings. The molecule has 14 heteroatoms. The van der Waals surface area contributed by atoms with Gasteiger partial charge in [0.2, 0.25) is 0 Å². The highest BCUT2D eigenvalue weighted by atomic mass is 19.4. The Morgan fingerprint density at radius 2 is 1.61 bits per heavy atom. The predicted octanol–water partition coefficient (Wildman–Crippen LogP) is 7.41. The van der Waals surface area contributed by atoms with E-state index in [2.05, 4.69) is 15.4 Å². The van der Waals surface area contributed by atoms with Gasteiger partial charge in [0.1, 0.15) is 6.10 Å². The number of hydrogen-bond donors (Lipinski definition) is 0. The Hall–Kier alpha value is -3.84. The monoisotopic (exact) mass is 624 g/mol. The van der Waals surface area contributed by atoms with E-state index in [9.17, 15) is 31.1 Å². The van der Waals surface area contributed by atoms with Crippen molar-refractivity contribution >= 4 is 17.7 Å². The number of amides is 1. The van der Waals surface area contributed by atoms with Gasteiger partial charge in [0.25, 0.3) is 5.95 Å². The first-order chi connectivity index (χ1) is 20.8. The molecule has 2 aromatic carbocycles. The molecule has 3 aromatic rings. The van der Waals surface area contributed by atoms with Crippen LogP contribution in [0.1, 0.15) is 85.4 Å². The zero-order chi connectivity index (χ0) is 31.8.